The van der Waals surface area contributed by atoms with Gasteiger partial charge in [-0.25, -0.2) is 9.97 Å². The summed E-state index contributed by atoms with van der Waals surface area (Å²) in [4.78, 5) is 8.05. The van der Waals surface area contributed by atoms with Crippen molar-refractivity contribution in [3.63, 3.8) is 0 Å². The van der Waals surface area contributed by atoms with E-state index in [1.165, 1.54) is 0 Å². The third-order valence-corrected chi connectivity index (χ3v) is 2.33. The summed E-state index contributed by atoms with van der Waals surface area (Å²) in [5.41, 5.74) is 2.12. The maximum absolute atomic E-state index is 5.89. The van der Waals surface area contributed by atoms with Gasteiger partial charge in [-0.3, -0.25) is 0 Å². The van der Waals surface area contributed by atoms with Crippen LogP contribution in [-0.2, 0) is 0 Å². The van der Waals surface area contributed by atoms with Gasteiger partial charge in [-0.2, -0.15) is 0 Å². The molecule has 0 saturated heterocycles. The smallest absolute Gasteiger partial charge is 0.171 e. The van der Waals surface area contributed by atoms with Gasteiger partial charge in [-0.1, -0.05) is 29.8 Å². The number of nitrogens with zero attached hydrogens (tertiary/aromatic N) is 2. The van der Waals surface area contributed by atoms with Crippen molar-refractivity contribution in [2.24, 2.45) is 0 Å². The van der Waals surface area contributed by atoms with Gasteiger partial charge in [-0.15, -0.1) is 0 Å². The fourth-order valence-corrected chi connectivity index (χ4v) is 1.40. The van der Waals surface area contributed by atoms with Crippen molar-refractivity contribution in [3.05, 3.63) is 47.4 Å². The van der Waals surface area contributed by atoms with Gasteiger partial charge in [0.2, 0.25) is 0 Å². The minimum Gasteiger partial charge on any atom is -0.337 e. The van der Waals surface area contributed by atoms with E-state index >= 15 is 0 Å². The van der Waals surface area contributed by atoms with Crippen molar-refractivity contribution < 1.29 is 0 Å². The molecule has 0 bridgehead atoms. The number of anilines is 2. The molecule has 0 amide bonds. The number of aryl methyl sites for hydroxylation is 1. The maximum atomic E-state index is 5.89. The first kappa shape index (κ1) is 9.93. The molecule has 0 radical (unpaired) electrons. The molecule has 0 aliphatic carbocycles. The fraction of sp³-hybridized carbons (Fsp3) is 0.0909. The summed E-state index contributed by atoms with van der Waals surface area (Å²) in [7, 11) is 0. The Balaban J connectivity index is 2.30. The summed E-state index contributed by atoms with van der Waals surface area (Å²) >= 11 is 5.89. The Morgan fingerprint density at radius 2 is 1.87 bits per heavy atom. The van der Waals surface area contributed by atoms with Gasteiger partial charge in [0.1, 0.15) is 0 Å². The molecular weight excluding hydrogens is 210 g/mol. The van der Waals surface area contributed by atoms with Crippen molar-refractivity contribution in [3.8, 4) is 0 Å². The van der Waals surface area contributed by atoms with Crippen LogP contribution in [0.4, 0.5) is 11.5 Å². The second-order valence-electron chi connectivity index (χ2n) is 3.14. The predicted octanol–water partition coefficient (Wildman–Crippen LogP) is 3.18. The summed E-state index contributed by atoms with van der Waals surface area (Å²) in [6, 6.07) is 7.94. The third kappa shape index (κ3) is 2.25. The van der Waals surface area contributed by atoms with Gasteiger partial charge in [-0.05, 0) is 18.6 Å². The molecule has 0 atom stereocenters. The average Bonchev–Trinajstić information content (AvgIpc) is 2.24. The van der Waals surface area contributed by atoms with E-state index in [0.717, 1.165) is 11.3 Å². The lowest BCUT2D eigenvalue weighted by atomic mass is 10.2. The minimum atomic E-state index is 0.376. The zero-order chi connectivity index (χ0) is 10.7. The maximum Gasteiger partial charge on any atom is 0.171 e. The van der Waals surface area contributed by atoms with Crippen LogP contribution in [0.15, 0.2) is 36.7 Å². The van der Waals surface area contributed by atoms with Crippen LogP contribution < -0.4 is 5.32 Å². The molecular formula is C11H10ClN3. The number of para-hydroxylation sites is 1. The van der Waals surface area contributed by atoms with E-state index in [9.17, 15) is 0 Å². The zero-order valence-electron chi connectivity index (χ0n) is 8.24. The van der Waals surface area contributed by atoms with E-state index in [1.807, 2.05) is 31.2 Å². The van der Waals surface area contributed by atoms with E-state index in [2.05, 4.69) is 15.3 Å². The van der Waals surface area contributed by atoms with Gasteiger partial charge in [0.25, 0.3) is 0 Å². The van der Waals surface area contributed by atoms with Gasteiger partial charge < -0.3 is 5.32 Å². The molecule has 3 nitrogen and oxygen atoms in total. The molecule has 76 valence electrons. The summed E-state index contributed by atoms with van der Waals surface area (Å²) in [5.74, 6) is 0.577. The van der Waals surface area contributed by atoms with E-state index in [4.69, 9.17) is 11.6 Å². The third-order valence-electron chi connectivity index (χ3n) is 2.05. The molecule has 0 unspecified atom stereocenters. The van der Waals surface area contributed by atoms with Gasteiger partial charge >= 0.3 is 0 Å². The Labute approximate surface area is 93.1 Å². The molecule has 1 aromatic heterocycles. The Morgan fingerprint density at radius 3 is 2.60 bits per heavy atom. The van der Waals surface area contributed by atoms with E-state index in [0.29, 0.717) is 11.0 Å². The van der Waals surface area contributed by atoms with Crippen LogP contribution >= 0.6 is 11.6 Å². The van der Waals surface area contributed by atoms with Crippen LogP contribution in [0.25, 0.3) is 0 Å². The SMILES string of the molecule is Cc1ccccc1Nc1nccnc1Cl. The number of halogens is 1. The first-order chi connectivity index (χ1) is 7.27. The molecule has 0 aliphatic rings. The second kappa shape index (κ2) is 4.28. The molecule has 0 fully saturated rings. The summed E-state index contributed by atoms with van der Waals surface area (Å²) < 4.78 is 0. The summed E-state index contributed by atoms with van der Waals surface area (Å²) in [5, 5.41) is 3.51. The van der Waals surface area contributed by atoms with E-state index in [-0.39, 0.29) is 0 Å². The standard InChI is InChI=1S/C11H10ClN3/c1-8-4-2-3-5-9(8)15-11-10(12)13-6-7-14-11/h2-7H,1H3,(H,14,15). The highest BCUT2D eigenvalue weighted by Crippen LogP contribution is 2.22. The molecule has 0 spiro atoms. The Bertz CT molecular complexity index is 427. The summed E-state index contributed by atoms with van der Waals surface area (Å²) in [6.07, 6.45) is 3.16. The van der Waals surface area contributed by atoms with Crippen LogP contribution in [0.3, 0.4) is 0 Å². The zero-order valence-corrected chi connectivity index (χ0v) is 8.99. The first-order valence-corrected chi connectivity index (χ1v) is 4.94. The molecule has 1 heterocycles. The Kier molecular flexibility index (Phi) is 2.83. The average molecular weight is 220 g/mol. The topological polar surface area (TPSA) is 37.8 Å². The molecule has 15 heavy (non-hydrogen) atoms. The van der Waals surface area contributed by atoms with Crippen LogP contribution in [0.1, 0.15) is 5.56 Å². The molecule has 2 rings (SSSR count). The van der Waals surface area contributed by atoms with Crippen LogP contribution in [0, 0.1) is 6.92 Å². The number of hydrogen-bond donors (Lipinski definition) is 1. The number of hydrogen-bond acceptors (Lipinski definition) is 3. The van der Waals surface area contributed by atoms with Crippen molar-refractivity contribution in [2.45, 2.75) is 6.92 Å². The molecule has 4 heteroatoms. The van der Waals surface area contributed by atoms with Gasteiger partial charge in [0, 0.05) is 18.1 Å². The van der Waals surface area contributed by atoms with Crippen LogP contribution in [-0.4, -0.2) is 9.97 Å². The lowest BCUT2D eigenvalue weighted by Crippen LogP contribution is -1.96. The Morgan fingerprint density at radius 1 is 1.13 bits per heavy atom. The Hall–Kier alpha value is -1.61. The van der Waals surface area contributed by atoms with E-state index in [1.54, 1.807) is 12.4 Å². The van der Waals surface area contributed by atoms with E-state index < -0.39 is 0 Å². The lowest BCUT2D eigenvalue weighted by molar-refractivity contribution is 1.19. The van der Waals surface area contributed by atoms with Gasteiger partial charge in [0.05, 0.1) is 0 Å². The highest BCUT2D eigenvalue weighted by atomic mass is 35.5. The van der Waals surface area contributed by atoms with Crippen molar-refractivity contribution in [2.75, 3.05) is 5.32 Å². The highest BCUT2D eigenvalue weighted by molar-refractivity contribution is 6.31. The van der Waals surface area contributed by atoms with Crippen molar-refractivity contribution >= 4 is 23.1 Å². The van der Waals surface area contributed by atoms with Crippen LogP contribution in [0.2, 0.25) is 5.15 Å². The fourth-order valence-electron chi connectivity index (χ4n) is 1.25. The molecule has 2 aromatic rings. The molecule has 1 N–H and O–H groups in total. The van der Waals surface area contributed by atoms with Gasteiger partial charge in [0.15, 0.2) is 11.0 Å². The number of benzene rings is 1. The highest BCUT2D eigenvalue weighted by Gasteiger charge is 2.03. The largest absolute Gasteiger partial charge is 0.337 e. The number of rotatable bonds is 2. The molecule has 0 saturated carbocycles. The van der Waals surface area contributed by atoms with Crippen LogP contribution in [0.5, 0.6) is 0 Å². The molecule has 0 aliphatic heterocycles. The molecule has 1 aromatic carbocycles. The quantitative estimate of drug-likeness (QED) is 0.843. The second-order valence-corrected chi connectivity index (χ2v) is 3.49. The monoisotopic (exact) mass is 219 g/mol. The summed E-state index contributed by atoms with van der Waals surface area (Å²) in [6.45, 7) is 2.02. The number of nitrogens with one attached hydrogen (secondary N) is 1. The number of aromatic nitrogens is 2. The predicted molar refractivity (Wildman–Crippen MR) is 61.5 cm³/mol. The first-order valence-electron chi connectivity index (χ1n) is 4.56. The van der Waals surface area contributed by atoms with Crippen molar-refractivity contribution in [1.29, 1.82) is 0 Å². The van der Waals surface area contributed by atoms with Crippen molar-refractivity contribution in [1.82, 2.24) is 9.97 Å². The lowest BCUT2D eigenvalue weighted by Gasteiger charge is -2.08. The normalized spacial score (nSPS) is 10.0. The minimum absolute atomic E-state index is 0.376.